The Morgan fingerprint density at radius 3 is 2.37 bits per heavy atom. The zero-order valence-electron chi connectivity index (χ0n) is 10.3. The first-order valence-electron chi connectivity index (χ1n) is 6.01. The quantitative estimate of drug-likeness (QED) is 0.931. The van der Waals surface area contributed by atoms with Crippen LogP contribution in [0, 0.1) is 11.6 Å². The number of piperidine rings is 1. The fraction of sp³-hybridized carbons (Fsp3) is 0.462. The number of rotatable bonds is 3. The molecule has 0 radical (unpaired) electrons. The Morgan fingerprint density at radius 2 is 1.84 bits per heavy atom. The lowest BCUT2D eigenvalue weighted by molar-refractivity contribution is -0.144. The number of hydrogen-bond acceptors (Lipinski definition) is 2. The monoisotopic (exact) mass is 291 g/mol. The van der Waals surface area contributed by atoms with Gasteiger partial charge in [-0.05, 0) is 32.0 Å². The zero-order valence-corrected chi connectivity index (χ0v) is 11.1. The van der Waals surface area contributed by atoms with Crippen LogP contribution in [0.5, 0.6) is 0 Å². The molecule has 1 fully saturated rings. The van der Waals surface area contributed by atoms with Crippen LogP contribution >= 0.6 is 12.4 Å². The van der Waals surface area contributed by atoms with Gasteiger partial charge >= 0.3 is 5.97 Å². The third kappa shape index (κ3) is 3.64. The van der Waals surface area contributed by atoms with E-state index in [4.69, 9.17) is 0 Å². The maximum absolute atomic E-state index is 13.7. The Kier molecular flexibility index (Phi) is 5.69. The summed E-state index contributed by atoms with van der Waals surface area (Å²) in [6.45, 7) is 1.27. The summed E-state index contributed by atoms with van der Waals surface area (Å²) < 4.78 is 26.5. The molecule has 1 aliphatic rings. The maximum atomic E-state index is 13.7. The summed E-state index contributed by atoms with van der Waals surface area (Å²) in [5.74, 6) is -2.59. The van der Waals surface area contributed by atoms with Crippen molar-refractivity contribution in [3.63, 3.8) is 0 Å². The Labute approximate surface area is 116 Å². The number of hydrogen-bond donors (Lipinski definition) is 1. The first-order chi connectivity index (χ1) is 8.59. The van der Waals surface area contributed by atoms with E-state index < -0.39 is 23.6 Å². The Hall–Kier alpha value is -1.20. The van der Waals surface area contributed by atoms with E-state index in [0.717, 1.165) is 31.4 Å². The molecule has 2 rings (SSSR count). The van der Waals surface area contributed by atoms with Crippen molar-refractivity contribution >= 4 is 18.4 Å². The number of carboxylic acids is 1. The van der Waals surface area contributed by atoms with E-state index in [1.165, 1.54) is 6.07 Å². The Balaban J connectivity index is 0.00000180. The van der Waals surface area contributed by atoms with Crippen LogP contribution in [-0.2, 0) is 4.79 Å². The van der Waals surface area contributed by atoms with Crippen LogP contribution in [0.1, 0.15) is 30.9 Å². The largest absolute Gasteiger partial charge is 0.480 e. The highest BCUT2D eigenvalue weighted by molar-refractivity contribution is 5.85. The molecule has 1 unspecified atom stereocenters. The second kappa shape index (κ2) is 6.82. The van der Waals surface area contributed by atoms with Crippen LogP contribution < -0.4 is 0 Å². The van der Waals surface area contributed by atoms with Gasteiger partial charge in [0, 0.05) is 11.6 Å². The lowest BCUT2D eigenvalue weighted by atomic mass is 10.0. The molecule has 1 saturated heterocycles. The number of likely N-dealkylation sites (tertiary alicyclic amines) is 1. The fourth-order valence-electron chi connectivity index (χ4n) is 2.39. The first-order valence-corrected chi connectivity index (χ1v) is 6.01. The zero-order chi connectivity index (χ0) is 13.1. The van der Waals surface area contributed by atoms with E-state index >= 15 is 0 Å². The van der Waals surface area contributed by atoms with Crippen LogP contribution in [0.25, 0.3) is 0 Å². The normalized spacial score (nSPS) is 17.6. The van der Waals surface area contributed by atoms with Crippen LogP contribution in [0.15, 0.2) is 18.2 Å². The minimum Gasteiger partial charge on any atom is -0.480 e. The average Bonchev–Trinajstić information content (AvgIpc) is 2.33. The summed E-state index contributed by atoms with van der Waals surface area (Å²) in [5.41, 5.74) is 0.0331. The van der Waals surface area contributed by atoms with Crippen molar-refractivity contribution in [2.24, 2.45) is 0 Å². The third-order valence-corrected chi connectivity index (χ3v) is 3.25. The van der Waals surface area contributed by atoms with Crippen LogP contribution in [0.3, 0.4) is 0 Å². The molecule has 1 N–H and O–H groups in total. The molecule has 3 nitrogen and oxygen atoms in total. The van der Waals surface area contributed by atoms with E-state index in [-0.39, 0.29) is 18.0 Å². The van der Waals surface area contributed by atoms with Crippen molar-refractivity contribution in [2.75, 3.05) is 13.1 Å². The SMILES string of the molecule is Cl.O=C(O)C(c1ccc(F)cc1F)N1CCCCC1. The van der Waals surface area contributed by atoms with Gasteiger partial charge in [0.05, 0.1) is 0 Å². The van der Waals surface area contributed by atoms with Gasteiger partial charge in [0.2, 0.25) is 0 Å². The van der Waals surface area contributed by atoms with Crippen LogP contribution in [0.4, 0.5) is 8.78 Å². The second-order valence-electron chi connectivity index (χ2n) is 4.50. The van der Waals surface area contributed by atoms with Crippen LogP contribution in [0.2, 0.25) is 0 Å². The van der Waals surface area contributed by atoms with E-state index in [1.807, 2.05) is 0 Å². The van der Waals surface area contributed by atoms with Gasteiger partial charge in [-0.25, -0.2) is 8.78 Å². The van der Waals surface area contributed by atoms with E-state index in [9.17, 15) is 18.7 Å². The van der Waals surface area contributed by atoms with Crippen molar-refractivity contribution in [2.45, 2.75) is 25.3 Å². The topological polar surface area (TPSA) is 40.5 Å². The van der Waals surface area contributed by atoms with Gasteiger partial charge in [0.1, 0.15) is 17.7 Å². The molecule has 106 valence electrons. The van der Waals surface area contributed by atoms with Crippen LogP contribution in [-0.4, -0.2) is 29.1 Å². The Morgan fingerprint density at radius 1 is 1.21 bits per heavy atom. The van der Waals surface area contributed by atoms with Crippen molar-refractivity contribution < 1.29 is 18.7 Å². The Bertz CT molecular complexity index is 450. The number of carbonyl (C=O) groups is 1. The summed E-state index contributed by atoms with van der Waals surface area (Å²) in [6.07, 6.45) is 2.88. The summed E-state index contributed by atoms with van der Waals surface area (Å²) in [4.78, 5) is 13.1. The molecule has 19 heavy (non-hydrogen) atoms. The molecule has 0 aliphatic carbocycles. The van der Waals surface area contributed by atoms with E-state index in [0.29, 0.717) is 13.1 Å². The van der Waals surface area contributed by atoms with Crippen molar-refractivity contribution in [3.8, 4) is 0 Å². The molecule has 0 spiro atoms. The predicted molar refractivity (Wildman–Crippen MR) is 69.4 cm³/mol. The molecule has 0 aromatic heterocycles. The summed E-state index contributed by atoms with van der Waals surface area (Å²) in [5, 5.41) is 9.27. The van der Waals surface area contributed by atoms with Crippen molar-refractivity contribution in [1.29, 1.82) is 0 Å². The van der Waals surface area contributed by atoms with Gasteiger partial charge in [0.25, 0.3) is 0 Å². The van der Waals surface area contributed by atoms with E-state index in [1.54, 1.807) is 4.90 Å². The molecule has 0 saturated carbocycles. The fourth-order valence-corrected chi connectivity index (χ4v) is 2.39. The van der Waals surface area contributed by atoms with Gasteiger partial charge in [-0.1, -0.05) is 12.5 Å². The summed E-state index contributed by atoms with van der Waals surface area (Å²) in [7, 11) is 0. The molecular weight excluding hydrogens is 276 g/mol. The van der Waals surface area contributed by atoms with Gasteiger partial charge in [0.15, 0.2) is 0 Å². The second-order valence-corrected chi connectivity index (χ2v) is 4.50. The highest BCUT2D eigenvalue weighted by Crippen LogP contribution is 2.27. The van der Waals surface area contributed by atoms with Gasteiger partial charge in [-0.15, -0.1) is 12.4 Å². The highest BCUT2D eigenvalue weighted by atomic mass is 35.5. The molecular formula is C13H16ClF2NO2. The molecule has 1 atom stereocenters. The molecule has 1 aliphatic heterocycles. The van der Waals surface area contributed by atoms with E-state index in [2.05, 4.69) is 0 Å². The minimum absolute atomic E-state index is 0. The lowest BCUT2D eigenvalue weighted by Gasteiger charge is -2.32. The number of carboxylic acid groups (broad SMARTS) is 1. The van der Waals surface area contributed by atoms with Crippen molar-refractivity contribution in [3.05, 3.63) is 35.4 Å². The van der Waals surface area contributed by atoms with Gasteiger partial charge in [-0.2, -0.15) is 0 Å². The highest BCUT2D eigenvalue weighted by Gasteiger charge is 2.30. The summed E-state index contributed by atoms with van der Waals surface area (Å²) >= 11 is 0. The smallest absolute Gasteiger partial charge is 0.325 e. The van der Waals surface area contributed by atoms with Gasteiger partial charge < -0.3 is 5.11 Å². The number of halogens is 3. The molecule has 1 aromatic carbocycles. The molecule has 0 amide bonds. The standard InChI is InChI=1S/C13H15F2NO2.ClH/c14-9-4-5-10(11(15)8-9)12(13(17)18)16-6-2-1-3-7-16;/h4-5,8,12H,1-3,6-7H2,(H,17,18);1H. The summed E-state index contributed by atoms with van der Waals surface area (Å²) in [6, 6.07) is 2.02. The number of aliphatic carboxylic acids is 1. The molecule has 6 heteroatoms. The first kappa shape index (κ1) is 15.9. The molecule has 0 bridgehead atoms. The predicted octanol–water partition coefficient (Wildman–Crippen LogP) is 3.00. The molecule has 1 heterocycles. The van der Waals surface area contributed by atoms with Gasteiger partial charge in [-0.3, -0.25) is 9.69 Å². The number of nitrogens with zero attached hydrogens (tertiary/aromatic N) is 1. The number of benzene rings is 1. The minimum atomic E-state index is -1.09. The average molecular weight is 292 g/mol. The third-order valence-electron chi connectivity index (χ3n) is 3.25. The lowest BCUT2D eigenvalue weighted by Crippen LogP contribution is -2.38. The van der Waals surface area contributed by atoms with Crippen molar-refractivity contribution in [1.82, 2.24) is 4.90 Å². The maximum Gasteiger partial charge on any atom is 0.325 e. The molecule has 1 aromatic rings.